The van der Waals surface area contributed by atoms with Crippen molar-refractivity contribution in [1.29, 1.82) is 0 Å². The molecule has 0 spiro atoms. The van der Waals surface area contributed by atoms with Crippen molar-refractivity contribution in [2.24, 2.45) is 0 Å². The van der Waals surface area contributed by atoms with Crippen molar-refractivity contribution < 1.29 is 0 Å². The second-order valence-corrected chi connectivity index (χ2v) is 15.3. The fourth-order valence-electron chi connectivity index (χ4n) is 8.95. The van der Waals surface area contributed by atoms with Crippen LogP contribution in [0.5, 0.6) is 0 Å². The SMILES string of the molecule is c1ccc(N(c2ccc(-c3cccc(-c4cc5ccccc5c5ccccc45)c3)cc2)c2ccc(-c3cccc(-c4cc5ccccc5c5ccccc45)c3)cc2)cc1. The standard InChI is InChI=1S/C58H39N/c1-2-20-48(21-3-1)59(49-32-28-40(29-33-49)42-16-12-18-44(36-42)57-38-46-14-4-6-22-51(46)53-24-8-10-26-55(53)57)50-34-30-41(31-35-50)43-17-13-19-45(37-43)58-39-47-15-5-7-23-52(47)54-25-9-11-27-56(54)58/h1-39H. The molecule has 0 aliphatic rings. The summed E-state index contributed by atoms with van der Waals surface area (Å²) in [4.78, 5) is 2.34. The van der Waals surface area contributed by atoms with Gasteiger partial charge in [0, 0.05) is 17.1 Å². The maximum Gasteiger partial charge on any atom is 0.0462 e. The largest absolute Gasteiger partial charge is 0.311 e. The number of rotatable bonds is 7. The molecule has 0 N–H and O–H groups in total. The van der Waals surface area contributed by atoms with E-state index in [0.717, 1.165) is 17.1 Å². The first-order valence-corrected chi connectivity index (χ1v) is 20.3. The van der Waals surface area contributed by atoms with Crippen molar-refractivity contribution in [2.75, 3.05) is 4.90 Å². The quantitative estimate of drug-likeness (QED) is 0.147. The Morgan fingerprint density at radius 3 is 1.02 bits per heavy atom. The highest BCUT2D eigenvalue weighted by molar-refractivity contribution is 6.15. The van der Waals surface area contributed by atoms with Gasteiger partial charge < -0.3 is 4.90 Å². The third-order valence-electron chi connectivity index (χ3n) is 11.8. The summed E-state index contributed by atoms with van der Waals surface area (Å²) in [6.45, 7) is 0. The smallest absolute Gasteiger partial charge is 0.0462 e. The predicted octanol–water partition coefficient (Wildman–Crippen LogP) is 16.4. The number of para-hydroxylation sites is 1. The Bertz CT molecular complexity index is 3100. The molecule has 0 saturated carbocycles. The first kappa shape index (κ1) is 34.5. The highest BCUT2D eigenvalue weighted by Crippen LogP contribution is 2.40. The molecule has 0 bridgehead atoms. The first-order valence-electron chi connectivity index (χ1n) is 20.3. The van der Waals surface area contributed by atoms with Crippen LogP contribution in [0.4, 0.5) is 17.1 Å². The van der Waals surface area contributed by atoms with Crippen LogP contribution in [0.15, 0.2) is 237 Å². The van der Waals surface area contributed by atoms with Crippen molar-refractivity contribution in [1.82, 2.24) is 0 Å². The first-order chi connectivity index (χ1) is 29.2. The van der Waals surface area contributed by atoms with Crippen LogP contribution in [0.2, 0.25) is 0 Å². The van der Waals surface area contributed by atoms with Crippen molar-refractivity contribution in [3.8, 4) is 44.5 Å². The van der Waals surface area contributed by atoms with Crippen molar-refractivity contribution in [2.45, 2.75) is 0 Å². The molecule has 0 saturated heterocycles. The second-order valence-electron chi connectivity index (χ2n) is 15.3. The minimum atomic E-state index is 1.11. The zero-order valence-electron chi connectivity index (χ0n) is 32.5. The summed E-state index contributed by atoms with van der Waals surface area (Å²) in [5.74, 6) is 0. The Hall–Kier alpha value is -7.74. The molecule has 0 aromatic heterocycles. The molecule has 0 aliphatic heterocycles. The topological polar surface area (TPSA) is 3.24 Å². The maximum absolute atomic E-state index is 2.34. The monoisotopic (exact) mass is 749 g/mol. The molecule has 0 heterocycles. The zero-order valence-corrected chi connectivity index (χ0v) is 32.5. The van der Waals surface area contributed by atoms with Gasteiger partial charge in [0.25, 0.3) is 0 Å². The summed E-state index contributed by atoms with van der Waals surface area (Å²) < 4.78 is 0. The summed E-state index contributed by atoms with van der Waals surface area (Å²) in [5, 5.41) is 10.2. The molecular formula is C58H39N. The molecule has 0 atom stereocenters. The molecular weight excluding hydrogens is 711 g/mol. The Kier molecular flexibility index (Phi) is 8.56. The van der Waals surface area contributed by atoms with E-state index in [9.17, 15) is 0 Å². The number of benzene rings is 11. The number of anilines is 3. The zero-order chi connectivity index (χ0) is 39.1. The number of fused-ring (bicyclic) bond motifs is 6. The predicted molar refractivity (Wildman–Crippen MR) is 253 cm³/mol. The van der Waals surface area contributed by atoms with Gasteiger partial charge >= 0.3 is 0 Å². The van der Waals surface area contributed by atoms with Crippen molar-refractivity contribution in [3.63, 3.8) is 0 Å². The number of hydrogen-bond acceptors (Lipinski definition) is 1. The van der Waals surface area contributed by atoms with E-state index in [-0.39, 0.29) is 0 Å². The Morgan fingerprint density at radius 1 is 0.203 bits per heavy atom. The molecule has 0 radical (unpaired) electrons. The van der Waals surface area contributed by atoms with Crippen LogP contribution >= 0.6 is 0 Å². The maximum atomic E-state index is 2.34. The number of nitrogens with zero attached hydrogens (tertiary/aromatic N) is 1. The van der Waals surface area contributed by atoms with Gasteiger partial charge in [0.05, 0.1) is 0 Å². The Labute approximate surface area is 344 Å². The van der Waals surface area contributed by atoms with Crippen LogP contribution in [0.1, 0.15) is 0 Å². The van der Waals surface area contributed by atoms with E-state index in [1.807, 2.05) is 0 Å². The highest BCUT2D eigenvalue weighted by Gasteiger charge is 2.15. The number of hydrogen-bond donors (Lipinski definition) is 0. The lowest BCUT2D eigenvalue weighted by atomic mass is 9.92. The molecule has 59 heavy (non-hydrogen) atoms. The summed E-state index contributed by atoms with van der Waals surface area (Å²) in [6.07, 6.45) is 0. The van der Waals surface area contributed by atoms with Gasteiger partial charge in [-0.25, -0.2) is 0 Å². The van der Waals surface area contributed by atoms with Crippen molar-refractivity contribution in [3.05, 3.63) is 237 Å². The van der Waals surface area contributed by atoms with Crippen LogP contribution in [0.3, 0.4) is 0 Å². The van der Waals surface area contributed by atoms with Gasteiger partial charge in [-0.15, -0.1) is 0 Å². The average molecular weight is 750 g/mol. The molecule has 0 amide bonds. The molecule has 11 aromatic carbocycles. The normalized spacial score (nSPS) is 11.4. The molecule has 0 fully saturated rings. The van der Waals surface area contributed by atoms with Crippen LogP contribution in [-0.4, -0.2) is 0 Å². The van der Waals surface area contributed by atoms with Gasteiger partial charge in [0.1, 0.15) is 0 Å². The minimum Gasteiger partial charge on any atom is -0.311 e. The molecule has 1 nitrogen and oxygen atoms in total. The van der Waals surface area contributed by atoms with Gasteiger partial charge in [0.15, 0.2) is 0 Å². The highest BCUT2D eigenvalue weighted by atomic mass is 15.1. The lowest BCUT2D eigenvalue weighted by Crippen LogP contribution is -2.09. The lowest BCUT2D eigenvalue weighted by Gasteiger charge is -2.26. The molecule has 1 heteroatoms. The van der Waals surface area contributed by atoms with E-state index in [1.165, 1.54) is 87.6 Å². The van der Waals surface area contributed by atoms with Gasteiger partial charge in [0.2, 0.25) is 0 Å². The van der Waals surface area contributed by atoms with Crippen LogP contribution in [0, 0.1) is 0 Å². The van der Waals surface area contributed by atoms with Crippen LogP contribution < -0.4 is 4.90 Å². The summed E-state index contributed by atoms with van der Waals surface area (Å²) >= 11 is 0. The summed E-state index contributed by atoms with van der Waals surface area (Å²) in [7, 11) is 0. The van der Waals surface area contributed by atoms with E-state index in [1.54, 1.807) is 0 Å². The third-order valence-corrected chi connectivity index (χ3v) is 11.8. The molecule has 11 rings (SSSR count). The second kappa shape index (κ2) is 14.6. The van der Waals surface area contributed by atoms with Gasteiger partial charge in [-0.05, 0) is 148 Å². The molecule has 276 valence electrons. The fourth-order valence-corrected chi connectivity index (χ4v) is 8.95. The van der Waals surface area contributed by atoms with E-state index < -0.39 is 0 Å². The molecule has 11 aromatic rings. The third kappa shape index (κ3) is 6.30. The fraction of sp³-hybridized carbons (Fsp3) is 0. The van der Waals surface area contributed by atoms with E-state index >= 15 is 0 Å². The van der Waals surface area contributed by atoms with E-state index in [2.05, 4.69) is 241 Å². The molecule has 0 unspecified atom stereocenters. The van der Waals surface area contributed by atoms with Gasteiger partial charge in [-0.1, -0.05) is 176 Å². The minimum absolute atomic E-state index is 1.11. The van der Waals surface area contributed by atoms with Gasteiger partial charge in [-0.2, -0.15) is 0 Å². The van der Waals surface area contributed by atoms with E-state index in [4.69, 9.17) is 0 Å². The van der Waals surface area contributed by atoms with Gasteiger partial charge in [-0.3, -0.25) is 0 Å². The van der Waals surface area contributed by atoms with Crippen molar-refractivity contribution >= 4 is 60.2 Å². The molecule has 0 aliphatic carbocycles. The Balaban J connectivity index is 0.922. The average Bonchev–Trinajstić information content (AvgIpc) is 3.32. The van der Waals surface area contributed by atoms with Crippen LogP contribution in [0.25, 0.3) is 87.6 Å². The summed E-state index contributed by atoms with van der Waals surface area (Å²) in [6, 6.07) is 86.1. The Morgan fingerprint density at radius 2 is 0.559 bits per heavy atom. The van der Waals surface area contributed by atoms with Crippen LogP contribution in [-0.2, 0) is 0 Å². The lowest BCUT2D eigenvalue weighted by molar-refractivity contribution is 1.28. The summed E-state index contributed by atoms with van der Waals surface area (Å²) in [5.41, 5.74) is 13.0. The van der Waals surface area contributed by atoms with E-state index in [0.29, 0.717) is 0 Å².